The van der Waals surface area contributed by atoms with Crippen LogP contribution >= 0.6 is 0 Å². The zero-order chi connectivity index (χ0) is 20.6. The molecule has 1 aliphatic rings. The first-order chi connectivity index (χ1) is 14.1. The molecule has 0 aliphatic carbocycles. The smallest absolute Gasteiger partial charge is 0.242 e. The van der Waals surface area contributed by atoms with Gasteiger partial charge in [0, 0.05) is 38.8 Å². The van der Waals surface area contributed by atoms with E-state index < -0.39 is 0 Å². The van der Waals surface area contributed by atoms with E-state index in [9.17, 15) is 14.4 Å². The van der Waals surface area contributed by atoms with E-state index in [4.69, 9.17) is 4.74 Å². The molecule has 0 bridgehead atoms. The summed E-state index contributed by atoms with van der Waals surface area (Å²) < 4.78 is 5.77. The second kappa shape index (κ2) is 9.73. The molecule has 3 amide bonds. The van der Waals surface area contributed by atoms with Crippen molar-refractivity contribution < 1.29 is 19.1 Å². The summed E-state index contributed by atoms with van der Waals surface area (Å²) in [6.07, 6.45) is 0.797. The van der Waals surface area contributed by atoms with E-state index in [1.807, 2.05) is 30.3 Å². The van der Waals surface area contributed by atoms with Crippen LogP contribution in [-0.4, -0.2) is 60.7 Å². The van der Waals surface area contributed by atoms with E-state index in [1.165, 1.54) is 11.8 Å². The Kier molecular flexibility index (Phi) is 6.84. The van der Waals surface area contributed by atoms with Gasteiger partial charge in [0.05, 0.1) is 0 Å². The van der Waals surface area contributed by atoms with E-state index in [2.05, 4.69) is 0 Å². The fourth-order valence-corrected chi connectivity index (χ4v) is 3.16. The zero-order valence-electron chi connectivity index (χ0n) is 16.5. The van der Waals surface area contributed by atoms with Gasteiger partial charge in [0.15, 0.2) is 0 Å². The van der Waals surface area contributed by atoms with Crippen LogP contribution in [0, 0.1) is 0 Å². The van der Waals surface area contributed by atoms with E-state index in [1.54, 1.807) is 34.1 Å². The molecule has 0 atom stereocenters. The van der Waals surface area contributed by atoms with Crippen molar-refractivity contribution in [1.29, 1.82) is 0 Å². The molecule has 1 aliphatic heterocycles. The third-order valence-electron chi connectivity index (χ3n) is 4.89. The predicted octanol–water partition coefficient (Wildman–Crippen LogP) is 1.92. The van der Waals surface area contributed by atoms with Gasteiger partial charge in [-0.1, -0.05) is 30.3 Å². The maximum absolute atomic E-state index is 12.6. The van der Waals surface area contributed by atoms with Crippen LogP contribution in [0.4, 0.5) is 5.69 Å². The standard InChI is InChI=1S/C22H25N3O4/c1-18(27)25(15-22(28)24-13-11-23(17-26)12-14-24)20-7-9-21(10-8-20)29-16-19-5-3-2-4-6-19/h2-10,17H,11-16H2,1H3. The van der Waals surface area contributed by atoms with Gasteiger partial charge in [0.25, 0.3) is 0 Å². The number of ether oxygens (including phenoxy) is 1. The Hall–Kier alpha value is -3.35. The van der Waals surface area contributed by atoms with Gasteiger partial charge in [-0.15, -0.1) is 0 Å². The van der Waals surface area contributed by atoms with Crippen molar-refractivity contribution in [1.82, 2.24) is 9.80 Å². The van der Waals surface area contributed by atoms with Crippen molar-refractivity contribution in [3.8, 4) is 5.75 Å². The fourth-order valence-electron chi connectivity index (χ4n) is 3.16. The SMILES string of the molecule is CC(=O)N(CC(=O)N1CCN(C=O)CC1)c1ccc(OCc2ccccc2)cc1. The molecular weight excluding hydrogens is 370 g/mol. The van der Waals surface area contributed by atoms with Gasteiger partial charge in [-0.3, -0.25) is 14.4 Å². The van der Waals surface area contributed by atoms with Crippen LogP contribution in [0.5, 0.6) is 5.75 Å². The van der Waals surface area contributed by atoms with Crippen LogP contribution in [0.2, 0.25) is 0 Å². The fraction of sp³-hybridized carbons (Fsp3) is 0.318. The van der Waals surface area contributed by atoms with Crippen molar-refractivity contribution in [3.63, 3.8) is 0 Å². The number of rotatable bonds is 7. The lowest BCUT2D eigenvalue weighted by Gasteiger charge is -2.34. The molecular formula is C22H25N3O4. The Morgan fingerprint density at radius 1 is 1.00 bits per heavy atom. The average molecular weight is 395 g/mol. The highest BCUT2D eigenvalue weighted by Crippen LogP contribution is 2.21. The predicted molar refractivity (Wildman–Crippen MR) is 109 cm³/mol. The van der Waals surface area contributed by atoms with Gasteiger partial charge in [0.2, 0.25) is 18.2 Å². The summed E-state index contributed by atoms with van der Waals surface area (Å²) >= 11 is 0. The highest BCUT2D eigenvalue weighted by Gasteiger charge is 2.23. The average Bonchev–Trinajstić information content (AvgIpc) is 2.77. The Balaban J connectivity index is 1.59. The number of hydrogen-bond acceptors (Lipinski definition) is 4. The molecule has 1 saturated heterocycles. The van der Waals surface area contributed by atoms with Gasteiger partial charge in [-0.05, 0) is 29.8 Å². The Bertz CT molecular complexity index is 831. The number of nitrogens with zero attached hydrogens (tertiary/aromatic N) is 3. The summed E-state index contributed by atoms with van der Waals surface area (Å²) in [6.45, 7) is 3.87. The monoisotopic (exact) mass is 395 g/mol. The van der Waals surface area contributed by atoms with Gasteiger partial charge < -0.3 is 19.4 Å². The summed E-state index contributed by atoms with van der Waals surface area (Å²) in [5.74, 6) is 0.357. The lowest BCUT2D eigenvalue weighted by atomic mass is 10.2. The van der Waals surface area contributed by atoms with E-state index in [0.717, 1.165) is 12.0 Å². The lowest BCUT2D eigenvalue weighted by Crippen LogP contribution is -2.51. The van der Waals surface area contributed by atoms with Crippen LogP contribution in [-0.2, 0) is 21.0 Å². The van der Waals surface area contributed by atoms with Crippen LogP contribution in [0.3, 0.4) is 0 Å². The number of carbonyl (C=O) groups excluding carboxylic acids is 3. The summed E-state index contributed by atoms with van der Waals surface area (Å²) in [5.41, 5.74) is 1.71. The molecule has 29 heavy (non-hydrogen) atoms. The van der Waals surface area contributed by atoms with Crippen molar-refractivity contribution in [2.24, 2.45) is 0 Å². The summed E-state index contributed by atoms with van der Waals surface area (Å²) in [5, 5.41) is 0. The summed E-state index contributed by atoms with van der Waals surface area (Å²) in [6, 6.07) is 17.0. The van der Waals surface area contributed by atoms with Gasteiger partial charge >= 0.3 is 0 Å². The molecule has 152 valence electrons. The molecule has 7 heteroatoms. The van der Waals surface area contributed by atoms with Gasteiger partial charge in [-0.2, -0.15) is 0 Å². The van der Waals surface area contributed by atoms with Crippen LogP contribution < -0.4 is 9.64 Å². The maximum atomic E-state index is 12.6. The van der Waals surface area contributed by atoms with Crippen LogP contribution in [0.1, 0.15) is 12.5 Å². The third-order valence-corrected chi connectivity index (χ3v) is 4.89. The highest BCUT2D eigenvalue weighted by molar-refractivity contribution is 5.97. The minimum atomic E-state index is -0.206. The first-order valence-corrected chi connectivity index (χ1v) is 9.59. The third kappa shape index (κ3) is 5.57. The van der Waals surface area contributed by atoms with Crippen LogP contribution in [0.15, 0.2) is 54.6 Å². The molecule has 0 aromatic heterocycles. The molecule has 0 saturated carbocycles. The largest absolute Gasteiger partial charge is 0.489 e. The quantitative estimate of drug-likeness (QED) is 0.672. The highest BCUT2D eigenvalue weighted by atomic mass is 16.5. The van der Waals surface area contributed by atoms with Crippen molar-refractivity contribution in [3.05, 3.63) is 60.2 Å². The molecule has 7 nitrogen and oxygen atoms in total. The summed E-state index contributed by atoms with van der Waals surface area (Å²) in [4.78, 5) is 40.3. The van der Waals surface area contributed by atoms with Gasteiger partial charge in [0.1, 0.15) is 18.9 Å². The topological polar surface area (TPSA) is 70.2 Å². The number of anilines is 1. The van der Waals surface area contributed by atoms with Crippen molar-refractivity contribution >= 4 is 23.9 Å². The molecule has 0 spiro atoms. The Morgan fingerprint density at radius 2 is 1.66 bits per heavy atom. The number of amides is 3. The molecule has 0 unspecified atom stereocenters. The number of piperazine rings is 1. The van der Waals surface area contributed by atoms with E-state index >= 15 is 0 Å². The zero-order valence-corrected chi connectivity index (χ0v) is 16.5. The number of benzene rings is 2. The molecule has 2 aromatic carbocycles. The first-order valence-electron chi connectivity index (χ1n) is 9.59. The van der Waals surface area contributed by atoms with E-state index in [-0.39, 0.29) is 18.4 Å². The molecule has 1 heterocycles. The second-order valence-electron chi connectivity index (χ2n) is 6.90. The summed E-state index contributed by atoms with van der Waals surface area (Å²) in [7, 11) is 0. The minimum Gasteiger partial charge on any atom is -0.489 e. The number of hydrogen-bond donors (Lipinski definition) is 0. The molecule has 0 N–H and O–H groups in total. The van der Waals surface area contributed by atoms with Crippen LogP contribution in [0.25, 0.3) is 0 Å². The normalized spacial score (nSPS) is 13.7. The van der Waals surface area contributed by atoms with E-state index in [0.29, 0.717) is 44.2 Å². The first kappa shape index (κ1) is 20.4. The minimum absolute atomic E-state index is 0.0271. The Morgan fingerprint density at radius 3 is 2.24 bits per heavy atom. The molecule has 1 fully saturated rings. The molecule has 3 rings (SSSR count). The lowest BCUT2D eigenvalue weighted by molar-refractivity contribution is -0.134. The molecule has 2 aromatic rings. The molecule has 0 radical (unpaired) electrons. The van der Waals surface area contributed by atoms with Crippen molar-refractivity contribution in [2.75, 3.05) is 37.6 Å². The van der Waals surface area contributed by atoms with Gasteiger partial charge in [-0.25, -0.2) is 0 Å². The maximum Gasteiger partial charge on any atom is 0.242 e. The second-order valence-corrected chi connectivity index (χ2v) is 6.90. The van der Waals surface area contributed by atoms with Crippen molar-refractivity contribution in [2.45, 2.75) is 13.5 Å². The number of carbonyl (C=O) groups is 3. The Labute approximate surface area is 170 Å².